The summed E-state index contributed by atoms with van der Waals surface area (Å²) < 4.78 is 2.08. The van der Waals surface area contributed by atoms with E-state index in [1.165, 1.54) is 11.1 Å². The Hall–Kier alpha value is -3.97. The number of carboxylic acid groups (broad SMARTS) is 1. The zero-order chi connectivity index (χ0) is 23.8. The molecule has 1 saturated heterocycles. The highest BCUT2D eigenvalue weighted by Crippen LogP contribution is 2.42. The highest BCUT2D eigenvalue weighted by molar-refractivity contribution is 7.80. The molecule has 2 aromatic carbocycles. The van der Waals surface area contributed by atoms with Crippen LogP contribution in [0.3, 0.4) is 0 Å². The first-order valence-corrected chi connectivity index (χ1v) is 11.4. The molecule has 0 unspecified atom stereocenters. The van der Waals surface area contributed by atoms with Crippen molar-refractivity contribution < 1.29 is 9.90 Å². The van der Waals surface area contributed by atoms with Crippen molar-refractivity contribution in [2.24, 2.45) is 0 Å². The van der Waals surface area contributed by atoms with Crippen LogP contribution in [0.25, 0.3) is 5.69 Å². The van der Waals surface area contributed by atoms with Crippen LogP contribution >= 0.6 is 12.2 Å². The molecule has 170 valence electrons. The first kappa shape index (κ1) is 21.9. The number of nitrogens with one attached hydrogen (secondary N) is 1. The molecule has 2 aromatic heterocycles. The van der Waals surface area contributed by atoms with Crippen molar-refractivity contribution in [3.63, 3.8) is 0 Å². The number of hydrogen-bond donors (Lipinski definition) is 2. The summed E-state index contributed by atoms with van der Waals surface area (Å²) in [5, 5.41) is 13.4. The van der Waals surface area contributed by atoms with Gasteiger partial charge in [-0.2, -0.15) is 0 Å². The average molecular weight is 469 g/mol. The number of carbonyl (C=O) groups is 1. The predicted molar refractivity (Wildman–Crippen MR) is 137 cm³/mol. The van der Waals surface area contributed by atoms with E-state index in [1.807, 2.05) is 42.6 Å². The molecule has 3 heterocycles. The van der Waals surface area contributed by atoms with E-state index in [0.29, 0.717) is 5.11 Å². The van der Waals surface area contributed by atoms with E-state index in [0.717, 1.165) is 22.8 Å². The first-order valence-electron chi connectivity index (χ1n) is 11.0. The summed E-state index contributed by atoms with van der Waals surface area (Å²) in [5.41, 5.74) is 6.48. The maximum atomic E-state index is 11.3. The summed E-state index contributed by atoms with van der Waals surface area (Å²) in [4.78, 5) is 18.1. The van der Waals surface area contributed by atoms with Gasteiger partial charge in [0.25, 0.3) is 0 Å². The van der Waals surface area contributed by atoms with Crippen LogP contribution in [-0.4, -0.2) is 25.7 Å². The van der Waals surface area contributed by atoms with Crippen LogP contribution in [0.4, 0.5) is 5.69 Å². The Balaban J connectivity index is 1.65. The lowest BCUT2D eigenvalue weighted by molar-refractivity contribution is 0.0697. The Morgan fingerprint density at radius 2 is 1.74 bits per heavy atom. The molecule has 2 N–H and O–H groups in total. The van der Waals surface area contributed by atoms with Crippen molar-refractivity contribution in [3.8, 4) is 5.69 Å². The Morgan fingerprint density at radius 1 is 0.971 bits per heavy atom. The molecular formula is C27H24N4O2S. The highest BCUT2D eigenvalue weighted by atomic mass is 32.1. The fourth-order valence-corrected chi connectivity index (χ4v) is 4.79. The van der Waals surface area contributed by atoms with Crippen LogP contribution in [-0.2, 0) is 0 Å². The zero-order valence-electron chi connectivity index (χ0n) is 18.8. The van der Waals surface area contributed by atoms with Crippen LogP contribution in [0.1, 0.15) is 45.0 Å². The summed E-state index contributed by atoms with van der Waals surface area (Å²) in [7, 11) is 0. The van der Waals surface area contributed by atoms with Gasteiger partial charge in [0.2, 0.25) is 0 Å². The number of nitrogens with zero attached hydrogens (tertiary/aromatic N) is 3. The van der Waals surface area contributed by atoms with Gasteiger partial charge in [0.05, 0.1) is 17.3 Å². The van der Waals surface area contributed by atoms with E-state index in [4.69, 9.17) is 12.2 Å². The minimum atomic E-state index is -0.944. The number of aromatic nitrogens is 2. The molecule has 0 bridgehead atoms. The number of thiocarbonyl (C=S) groups is 1. The average Bonchev–Trinajstić information content (AvgIpc) is 3.46. The van der Waals surface area contributed by atoms with Crippen molar-refractivity contribution in [1.82, 2.24) is 14.9 Å². The maximum Gasteiger partial charge on any atom is 0.335 e. The SMILES string of the molecule is Cc1ccc(N2C(=S)N[C@@H](c3ccccn3)[C@@H]2c2cccn2-c2ccc(C(=O)O)cc2)cc1C. The number of aromatic carboxylic acids is 1. The standard InChI is InChI=1S/C27H24N4O2S/c1-17-8-11-21(16-18(17)2)31-25(24(29-27(31)34)22-6-3-4-14-28-22)23-7-5-15-30(23)20-12-9-19(10-13-20)26(32)33/h3-16,24-25H,1-2H3,(H,29,34)(H,32,33)/t24-,25-/m0/s1. The number of rotatable bonds is 5. The van der Waals surface area contributed by atoms with E-state index in [1.54, 1.807) is 18.3 Å². The zero-order valence-corrected chi connectivity index (χ0v) is 19.7. The molecule has 2 atom stereocenters. The third-order valence-corrected chi connectivity index (χ3v) is 6.66. The van der Waals surface area contributed by atoms with Gasteiger partial charge in [-0.15, -0.1) is 0 Å². The van der Waals surface area contributed by atoms with Gasteiger partial charge in [-0.3, -0.25) is 4.98 Å². The van der Waals surface area contributed by atoms with Crippen LogP contribution in [0.2, 0.25) is 0 Å². The van der Waals surface area contributed by atoms with E-state index in [2.05, 4.69) is 57.9 Å². The van der Waals surface area contributed by atoms with Gasteiger partial charge in [-0.05, 0) is 97.9 Å². The van der Waals surface area contributed by atoms with Crippen molar-refractivity contribution in [1.29, 1.82) is 0 Å². The van der Waals surface area contributed by atoms with Gasteiger partial charge in [-0.1, -0.05) is 12.1 Å². The van der Waals surface area contributed by atoms with Gasteiger partial charge >= 0.3 is 5.97 Å². The molecule has 4 aromatic rings. The van der Waals surface area contributed by atoms with Gasteiger partial charge in [0.1, 0.15) is 6.04 Å². The molecule has 0 radical (unpaired) electrons. The Morgan fingerprint density at radius 3 is 2.41 bits per heavy atom. The molecule has 0 spiro atoms. The molecule has 1 fully saturated rings. The first-order chi connectivity index (χ1) is 16.4. The van der Waals surface area contributed by atoms with E-state index >= 15 is 0 Å². The lowest BCUT2D eigenvalue weighted by Crippen LogP contribution is -2.30. The third-order valence-electron chi connectivity index (χ3n) is 6.34. The van der Waals surface area contributed by atoms with E-state index in [-0.39, 0.29) is 17.6 Å². The minimum Gasteiger partial charge on any atom is -0.478 e. The number of benzene rings is 2. The van der Waals surface area contributed by atoms with Gasteiger partial charge in [0.15, 0.2) is 5.11 Å². The van der Waals surface area contributed by atoms with Crippen LogP contribution < -0.4 is 10.2 Å². The quantitative estimate of drug-likeness (QED) is 0.384. The largest absolute Gasteiger partial charge is 0.478 e. The lowest BCUT2D eigenvalue weighted by Gasteiger charge is -2.29. The number of anilines is 1. The molecule has 34 heavy (non-hydrogen) atoms. The molecule has 6 nitrogen and oxygen atoms in total. The maximum absolute atomic E-state index is 11.3. The Kier molecular flexibility index (Phi) is 5.63. The van der Waals surface area contributed by atoms with Crippen molar-refractivity contribution in [2.75, 3.05) is 4.90 Å². The van der Waals surface area contributed by atoms with Crippen molar-refractivity contribution in [2.45, 2.75) is 25.9 Å². The monoisotopic (exact) mass is 468 g/mol. The van der Waals surface area contributed by atoms with Crippen molar-refractivity contribution in [3.05, 3.63) is 113 Å². The minimum absolute atomic E-state index is 0.165. The molecule has 0 amide bonds. The lowest BCUT2D eigenvalue weighted by atomic mass is 10.00. The summed E-state index contributed by atoms with van der Waals surface area (Å²) >= 11 is 5.84. The van der Waals surface area contributed by atoms with Gasteiger partial charge in [0, 0.05) is 29.5 Å². The summed E-state index contributed by atoms with van der Waals surface area (Å²) in [5.74, 6) is -0.944. The smallest absolute Gasteiger partial charge is 0.335 e. The Labute approximate surface area is 203 Å². The second-order valence-corrected chi connectivity index (χ2v) is 8.81. The van der Waals surface area contributed by atoms with E-state index in [9.17, 15) is 9.90 Å². The molecule has 0 saturated carbocycles. The molecule has 0 aliphatic carbocycles. The second-order valence-electron chi connectivity index (χ2n) is 8.42. The van der Waals surface area contributed by atoms with Crippen LogP contribution in [0, 0.1) is 13.8 Å². The molecule has 1 aliphatic rings. The second kappa shape index (κ2) is 8.76. The molecule has 5 rings (SSSR count). The molecular weight excluding hydrogens is 444 g/mol. The Bertz CT molecular complexity index is 1370. The van der Waals surface area contributed by atoms with Crippen molar-refractivity contribution >= 4 is 29.0 Å². The van der Waals surface area contributed by atoms with Gasteiger partial charge < -0.3 is 19.9 Å². The van der Waals surface area contributed by atoms with Gasteiger partial charge in [-0.25, -0.2) is 4.79 Å². The fourth-order valence-electron chi connectivity index (χ4n) is 4.44. The van der Waals surface area contributed by atoms with Crippen LogP contribution in [0.15, 0.2) is 85.2 Å². The summed E-state index contributed by atoms with van der Waals surface area (Å²) in [6, 6.07) is 22.9. The normalized spacial score (nSPS) is 17.6. The predicted octanol–water partition coefficient (Wildman–Crippen LogP) is 5.36. The van der Waals surface area contributed by atoms with E-state index < -0.39 is 5.97 Å². The number of hydrogen-bond acceptors (Lipinski definition) is 3. The summed E-state index contributed by atoms with van der Waals surface area (Å²) in [6.45, 7) is 4.20. The fraction of sp³-hybridized carbons (Fsp3) is 0.148. The summed E-state index contributed by atoms with van der Waals surface area (Å²) in [6.07, 6.45) is 3.78. The number of aryl methyl sites for hydroxylation is 2. The number of carboxylic acids is 1. The molecule has 1 aliphatic heterocycles. The highest BCUT2D eigenvalue weighted by Gasteiger charge is 2.42. The topological polar surface area (TPSA) is 70.4 Å². The van der Waals surface area contributed by atoms with Crippen LogP contribution in [0.5, 0.6) is 0 Å². The number of pyridine rings is 1. The molecule has 7 heteroatoms. The third kappa shape index (κ3) is 3.84.